The van der Waals surface area contributed by atoms with E-state index in [1.807, 2.05) is 151 Å². The highest BCUT2D eigenvalue weighted by molar-refractivity contribution is 7.89. The number of benzene rings is 6. The van der Waals surface area contributed by atoms with Gasteiger partial charge in [-0.25, -0.2) is 16.8 Å². The number of sulfonamides is 2. The fraction of sp³-hybridized carbons (Fsp3) is 0.345. The summed E-state index contributed by atoms with van der Waals surface area (Å²) in [7, 11) is -2.54. The predicted octanol–water partition coefficient (Wildman–Crippen LogP) is 10.8. The third kappa shape index (κ3) is 14.0. The molecule has 0 saturated carbocycles. The molecule has 0 radical (unpaired) electrons. The number of ether oxygens (including phenoxy) is 4. The average molecular weight is 1020 g/mol. The lowest BCUT2D eigenvalue weighted by atomic mass is 10.1. The van der Waals surface area contributed by atoms with E-state index in [1.165, 1.54) is 22.8 Å². The van der Waals surface area contributed by atoms with Gasteiger partial charge in [0, 0.05) is 13.1 Å². The molecule has 0 fully saturated rings. The maximum Gasteiger partial charge on any atom is 0.324 e. The normalized spacial score (nSPS) is 12.2. The van der Waals surface area contributed by atoms with Crippen LogP contribution in [0.1, 0.15) is 80.6 Å². The second kappa shape index (κ2) is 26.4. The van der Waals surface area contributed by atoms with E-state index in [-0.39, 0.29) is 35.7 Å². The van der Waals surface area contributed by atoms with Crippen LogP contribution in [0.3, 0.4) is 0 Å². The van der Waals surface area contributed by atoms with Crippen molar-refractivity contribution in [3.05, 3.63) is 188 Å². The van der Waals surface area contributed by atoms with Crippen LogP contribution in [0.2, 0.25) is 0 Å². The Bertz CT molecular complexity index is 2780. The van der Waals surface area contributed by atoms with Crippen LogP contribution in [-0.2, 0) is 65.0 Å². The molecule has 0 aliphatic rings. The zero-order valence-corrected chi connectivity index (χ0v) is 46.0. The van der Waals surface area contributed by atoms with Gasteiger partial charge in [-0.1, -0.05) is 134 Å². The van der Waals surface area contributed by atoms with Crippen LogP contribution < -0.4 is 9.47 Å². The molecule has 0 unspecified atom stereocenters. The first kappa shape index (κ1) is 58.3. The molecule has 6 rings (SSSR count). The van der Waals surface area contributed by atoms with Gasteiger partial charge in [0.2, 0.25) is 20.0 Å². The third-order valence-corrected chi connectivity index (χ3v) is 16.9. The number of aryl methyl sites for hydroxylation is 4. The number of esters is 2. The summed E-state index contributed by atoms with van der Waals surface area (Å²) >= 11 is 0. The van der Waals surface area contributed by atoms with Gasteiger partial charge in [-0.05, 0) is 136 Å². The third-order valence-electron chi connectivity index (χ3n) is 12.6. The van der Waals surface area contributed by atoms with Crippen molar-refractivity contribution in [3.63, 3.8) is 0 Å². The van der Waals surface area contributed by atoms with Crippen molar-refractivity contribution in [2.75, 3.05) is 28.4 Å². The summed E-state index contributed by atoms with van der Waals surface area (Å²) in [4.78, 5) is 26.5. The average Bonchev–Trinajstić information content (AvgIpc) is 3.37. The van der Waals surface area contributed by atoms with Crippen molar-refractivity contribution in [3.8, 4) is 11.5 Å². The minimum Gasteiger partial charge on any atom is -0.496 e. The Hall–Kier alpha value is -6.32. The first-order chi connectivity index (χ1) is 34.2. The smallest absolute Gasteiger partial charge is 0.324 e. The lowest BCUT2D eigenvalue weighted by molar-refractivity contribution is -0.146. The number of hydrogen-bond donors (Lipinski definition) is 0. The molecule has 0 amide bonds. The lowest BCUT2D eigenvalue weighted by Gasteiger charge is -2.31. The van der Waals surface area contributed by atoms with Crippen LogP contribution in [0.5, 0.6) is 11.5 Å². The maximum absolute atomic E-state index is 14.3. The van der Waals surface area contributed by atoms with Crippen LogP contribution in [0, 0.1) is 55.4 Å². The molecule has 386 valence electrons. The van der Waals surface area contributed by atoms with E-state index in [9.17, 15) is 26.4 Å². The number of carbonyl (C=O) groups excluding carboxylic acids is 2. The molecule has 0 spiro atoms. The van der Waals surface area contributed by atoms with Crippen molar-refractivity contribution in [2.45, 2.75) is 117 Å². The van der Waals surface area contributed by atoms with E-state index in [0.29, 0.717) is 33.8 Å². The van der Waals surface area contributed by atoms with E-state index in [1.54, 1.807) is 54.0 Å². The van der Waals surface area contributed by atoms with Crippen LogP contribution >= 0.6 is 0 Å². The van der Waals surface area contributed by atoms with E-state index in [2.05, 4.69) is 0 Å². The Morgan fingerprint density at radius 1 is 0.444 bits per heavy atom. The Morgan fingerprint density at radius 3 is 1.03 bits per heavy atom. The molecule has 0 heterocycles. The van der Waals surface area contributed by atoms with E-state index in [4.69, 9.17) is 18.9 Å². The Labute approximate surface area is 429 Å². The molecule has 0 saturated heterocycles. The molecular weight excluding hydrogens is 949 g/mol. The van der Waals surface area contributed by atoms with Gasteiger partial charge in [-0.15, -0.1) is 0 Å². The molecule has 2 atom stereocenters. The molecule has 6 aromatic rings. The molecule has 0 aromatic heterocycles. The summed E-state index contributed by atoms with van der Waals surface area (Å²) < 4.78 is 81.0. The molecule has 0 aliphatic carbocycles. The van der Waals surface area contributed by atoms with Gasteiger partial charge >= 0.3 is 11.9 Å². The summed E-state index contributed by atoms with van der Waals surface area (Å²) in [5.41, 5.74) is 9.15. The molecular formula is C58H72N2O10S2. The number of carbonyl (C=O) groups is 2. The first-order valence-corrected chi connectivity index (χ1v) is 26.8. The number of nitrogens with zero attached hydrogens (tertiary/aromatic N) is 2. The standard InChI is InChI=1S/2C28H33NO5S.C2H6/c2*1-19-12-14-24(15-13-19)18-29(25(28(30)34-6)17-23-10-8-7-9-11-23)35(31,32)27-20(2)16-26(33-5)21(3)22(27)4;1-2/h2*7-16,25H,17-18H2,1-6H3;1-2H3/t2*25-;/m00./s1. The quantitative estimate of drug-likeness (QED) is 0.0763. The van der Waals surface area contributed by atoms with Crippen molar-refractivity contribution in [1.29, 1.82) is 0 Å². The lowest BCUT2D eigenvalue weighted by Crippen LogP contribution is -2.46. The van der Waals surface area contributed by atoms with Crippen molar-refractivity contribution in [2.24, 2.45) is 0 Å². The SMILES string of the molecule is CC.COC(=O)[C@H](Cc1ccccc1)N(Cc1ccc(C)cc1)S(=O)(=O)c1c(C)cc(OC)c(C)c1C.COC(=O)[C@H](Cc1ccccc1)N(Cc1ccc(C)cc1)S(=O)(=O)c1c(C)cc(OC)c(C)c1C. The highest BCUT2D eigenvalue weighted by atomic mass is 32.2. The van der Waals surface area contributed by atoms with Crippen LogP contribution in [-0.4, -0.2) is 77.9 Å². The van der Waals surface area contributed by atoms with Gasteiger partial charge in [0.25, 0.3) is 0 Å². The second-order valence-electron chi connectivity index (χ2n) is 17.5. The molecule has 12 nitrogen and oxygen atoms in total. The molecule has 0 aliphatic heterocycles. The van der Waals surface area contributed by atoms with E-state index >= 15 is 0 Å². The minimum atomic E-state index is -4.12. The topological polar surface area (TPSA) is 146 Å². The van der Waals surface area contributed by atoms with Gasteiger partial charge in [0.1, 0.15) is 23.6 Å². The Balaban J connectivity index is 0.000000302. The van der Waals surface area contributed by atoms with Gasteiger partial charge in [-0.3, -0.25) is 9.59 Å². The fourth-order valence-corrected chi connectivity index (χ4v) is 12.6. The number of hydrogen-bond acceptors (Lipinski definition) is 10. The van der Waals surface area contributed by atoms with Gasteiger partial charge < -0.3 is 18.9 Å². The van der Waals surface area contributed by atoms with Crippen LogP contribution in [0.4, 0.5) is 0 Å². The highest BCUT2D eigenvalue weighted by Gasteiger charge is 2.40. The highest BCUT2D eigenvalue weighted by Crippen LogP contribution is 2.36. The van der Waals surface area contributed by atoms with Crippen LogP contribution in [0.15, 0.2) is 131 Å². The molecule has 0 N–H and O–H groups in total. The molecule has 14 heteroatoms. The summed E-state index contributed by atoms with van der Waals surface area (Å²) in [5, 5.41) is 0. The van der Waals surface area contributed by atoms with Gasteiger partial charge in [0.15, 0.2) is 0 Å². The van der Waals surface area contributed by atoms with Crippen molar-refractivity contribution in [1.82, 2.24) is 8.61 Å². The van der Waals surface area contributed by atoms with Crippen molar-refractivity contribution < 1.29 is 45.4 Å². The fourth-order valence-electron chi connectivity index (χ4n) is 8.52. The zero-order valence-electron chi connectivity index (χ0n) is 44.3. The van der Waals surface area contributed by atoms with E-state index < -0.39 is 44.1 Å². The summed E-state index contributed by atoms with van der Waals surface area (Å²) in [6.45, 7) is 18.7. The Kier molecular flexibility index (Phi) is 21.4. The first-order valence-electron chi connectivity index (χ1n) is 23.9. The van der Waals surface area contributed by atoms with Crippen LogP contribution in [0.25, 0.3) is 0 Å². The zero-order chi connectivity index (χ0) is 53.5. The number of methoxy groups -OCH3 is 4. The molecule has 0 bridgehead atoms. The molecule has 6 aromatic carbocycles. The largest absolute Gasteiger partial charge is 0.496 e. The van der Waals surface area contributed by atoms with Crippen molar-refractivity contribution >= 4 is 32.0 Å². The summed E-state index contributed by atoms with van der Waals surface area (Å²) in [5.74, 6) is 0.0332. The molecule has 72 heavy (non-hydrogen) atoms. The number of rotatable bonds is 18. The van der Waals surface area contributed by atoms with E-state index in [0.717, 1.165) is 44.5 Å². The second-order valence-corrected chi connectivity index (χ2v) is 21.1. The summed E-state index contributed by atoms with van der Waals surface area (Å²) in [6.07, 6.45) is 0.373. The monoisotopic (exact) mass is 1020 g/mol. The Morgan fingerprint density at radius 2 is 0.750 bits per heavy atom. The maximum atomic E-state index is 14.3. The minimum absolute atomic E-state index is 0.0270. The van der Waals surface area contributed by atoms with Gasteiger partial charge in [-0.2, -0.15) is 8.61 Å². The van der Waals surface area contributed by atoms with Gasteiger partial charge in [0.05, 0.1) is 38.2 Å². The summed E-state index contributed by atoms with van der Waals surface area (Å²) in [6, 6.07) is 35.3. The predicted molar refractivity (Wildman–Crippen MR) is 285 cm³/mol.